The third kappa shape index (κ3) is 3.53. The summed E-state index contributed by atoms with van der Waals surface area (Å²) in [4.78, 5) is 29.9. The molecule has 0 unspecified atom stereocenters. The van der Waals surface area contributed by atoms with Crippen LogP contribution >= 0.6 is 0 Å². The number of pyridine rings is 1. The van der Waals surface area contributed by atoms with Crippen LogP contribution in [-0.4, -0.2) is 30.5 Å². The van der Waals surface area contributed by atoms with Gasteiger partial charge in [0.15, 0.2) is 0 Å². The summed E-state index contributed by atoms with van der Waals surface area (Å²) in [5, 5.41) is 0. The van der Waals surface area contributed by atoms with Crippen LogP contribution in [0.1, 0.15) is 38.3 Å². The van der Waals surface area contributed by atoms with Crippen molar-refractivity contribution >= 4 is 23.8 Å². The molecule has 2 rings (SSSR count). The molecule has 2 heterocycles. The van der Waals surface area contributed by atoms with Crippen LogP contribution in [0, 0.1) is 5.41 Å². The van der Waals surface area contributed by atoms with Crippen molar-refractivity contribution in [2.24, 2.45) is 5.41 Å². The molecular formula is C17H22N2O3. The molecule has 0 radical (unpaired) electrons. The van der Waals surface area contributed by atoms with Crippen molar-refractivity contribution in [1.29, 1.82) is 0 Å². The summed E-state index contributed by atoms with van der Waals surface area (Å²) < 4.78 is 4.57. The third-order valence-electron chi connectivity index (χ3n) is 3.55. The summed E-state index contributed by atoms with van der Waals surface area (Å²) in [6, 6.07) is 1.98. The van der Waals surface area contributed by atoms with E-state index in [4.69, 9.17) is 0 Å². The molecule has 5 nitrogen and oxygen atoms in total. The molecular weight excluding hydrogens is 280 g/mol. The van der Waals surface area contributed by atoms with Crippen LogP contribution in [0.2, 0.25) is 0 Å². The minimum atomic E-state index is -0.431. The average Bonchev–Trinajstić information content (AvgIpc) is 2.50. The van der Waals surface area contributed by atoms with Gasteiger partial charge in [-0.25, -0.2) is 9.78 Å². The minimum Gasteiger partial charge on any atom is -0.466 e. The summed E-state index contributed by atoms with van der Waals surface area (Å²) in [7, 11) is 1.34. The quantitative estimate of drug-likeness (QED) is 0.622. The number of nitrogens with zero attached hydrogens (tertiary/aromatic N) is 2. The number of carbonyl (C=O) groups excluding carboxylic acids is 2. The van der Waals surface area contributed by atoms with E-state index < -0.39 is 11.4 Å². The van der Waals surface area contributed by atoms with Gasteiger partial charge < -0.3 is 4.74 Å². The predicted molar refractivity (Wildman–Crippen MR) is 85.4 cm³/mol. The number of carbonyl (C=O) groups is 2. The Morgan fingerprint density at radius 2 is 2.09 bits per heavy atom. The first kappa shape index (κ1) is 16.2. The minimum absolute atomic E-state index is 0.0822. The van der Waals surface area contributed by atoms with Crippen LogP contribution in [0.3, 0.4) is 0 Å². The molecule has 0 saturated carbocycles. The lowest BCUT2D eigenvalue weighted by Crippen LogP contribution is -2.43. The third-order valence-corrected chi connectivity index (χ3v) is 3.55. The molecule has 1 aromatic heterocycles. The number of methoxy groups -OCH3 is 1. The number of fused-ring (bicyclic) bond motifs is 1. The SMILES string of the molecule is COC(=O)C=Cc1cnc2c(c1)CCCN2C(=O)C(C)(C)C. The van der Waals surface area contributed by atoms with E-state index in [0.29, 0.717) is 6.54 Å². The van der Waals surface area contributed by atoms with Crippen LogP contribution in [0.5, 0.6) is 0 Å². The Bertz CT molecular complexity index is 615. The van der Waals surface area contributed by atoms with E-state index in [1.54, 1.807) is 17.2 Å². The monoisotopic (exact) mass is 302 g/mol. The van der Waals surface area contributed by atoms with E-state index in [1.165, 1.54) is 13.2 Å². The first-order valence-electron chi connectivity index (χ1n) is 7.40. The number of amides is 1. The van der Waals surface area contributed by atoms with Gasteiger partial charge in [0, 0.05) is 24.2 Å². The molecule has 0 bridgehead atoms. The van der Waals surface area contributed by atoms with Crippen molar-refractivity contribution in [3.63, 3.8) is 0 Å². The van der Waals surface area contributed by atoms with Gasteiger partial charge in [0.05, 0.1) is 7.11 Å². The largest absolute Gasteiger partial charge is 0.466 e. The van der Waals surface area contributed by atoms with E-state index in [2.05, 4.69) is 9.72 Å². The molecule has 118 valence electrons. The lowest BCUT2D eigenvalue weighted by Gasteiger charge is -2.33. The number of aryl methyl sites for hydroxylation is 1. The number of ether oxygens (including phenoxy) is 1. The number of esters is 1. The van der Waals surface area contributed by atoms with Gasteiger partial charge in [-0.1, -0.05) is 20.8 Å². The standard InChI is InChI=1S/C17H22N2O3/c1-17(2,3)16(21)19-9-5-6-13-10-12(11-18-15(13)19)7-8-14(20)22-4/h7-8,10-11H,5-6,9H2,1-4H3. The summed E-state index contributed by atoms with van der Waals surface area (Å²) >= 11 is 0. The highest BCUT2D eigenvalue weighted by molar-refractivity contribution is 5.97. The fraction of sp³-hybridized carbons (Fsp3) is 0.471. The lowest BCUT2D eigenvalue weighted by atomic mass is 9.93. The normalized spacial score (nSPS) is 14.8. The summed E-state index contributed by atoms with van der Waals surface area (Å²) in [5.41, 5.74) is 1.44. The highest BCUT2D eigenvalue weighted by Crippen LogP contribution is 2.29. The maximum Gasteiger partial charge on any atom is 0.330 e. The molecule has 1 aliphatic rings. The molecule has 0 atom stereocenters. The molecule has 22 heavy (non-hydrogen) atoms. The predicted octanol–water partition coefficient (Wildman–Crippen LogP) is 2.59. The van der Waals surface area contributed by atoms with Gasteiger partial charge in [-0.3, -0.25) is 9.69 Å². The molecule has 5 heteroatoms. The van der Waals surface area contributed by atoms with Crippen LogP contribution < -0.4 is 4.90 Å². The number of rotatable bonds is 2. The van der Waals surface area contributed by atoms with E-state index in [1.807, 2.05) is 26.8 Å². The topological polar surface area (TPSA) is 59.5 Å². The maximum atomic E-state index is 12.5. The highest BCUT2D eigenvalue weighted by atomic mass is 16.5. The summed E-state index contributed by atoms with van der Waals surface area (Å²) in [5.74, 6) is 0.419. The van der Waals surface area contributed by atoms with E-state index in [9.17, 15) is 9.59 Å². The van der Waals surface area contributed by atoms with Crippen molar-refractivity contribution in [3.8, 4) is 0 Å². The molecule has 0 aliphatic carbocycles. The van der Waals surface area contributed by atoms with Gasteiger partial charge >= 0.3 is 5.97 Å². The number of hydrogen-bond acceptors (Lipinski definition) is 4. The molecule has 0 N–H and O–H groups in total. The van der Waals surface area contributed by atoms with E-state index in [0.717, 1.165) is 29.8 Å². The molecule has 0 aromatic carbocycles. The smallest absolute Gasteiger partial charge is 0.330 e. The zero-order valence-electron chi connectivity index (χ0n) is 13.5. The Kier molecular flexibility index (Phi) is 4.64. The molecule has 1 aliphatic heterocycles. The number of anilines is 1. The summed E-state index contributed by atoms with van der Waals surface area (Å²) in [6.45, 7) is 6.44. The van der Waals surface area contributed by atoms with Crippen molar-refractivity contribution in [3.05, 3.63) is 29.5 Å². The first-order chi connectivity index (χ1) is 10.3. The van der Waals surface area contributed by atoms with Gasteiger partial charge in [-0.15, -0.1) is 0 Å². The van der Waals surface area contributed by atoms with Crippen molar-refractivity contribution in [1.82, 2.24) is 4.98 Å². The molecule has 0 spiro atoms. The Hall–Kier alpha value is -2.17. The lowest BCUT2D eigenvalue weighted by molar-refractivity contribution is -0.134. The van der Waals surface area contributed by atoms with Gasteiger partial charge in [-0.05, 0) is 36.1 Å². The first-order valence-corrected chi connectivity index (χ1v) is 7.40. The summed E-state index contributed by atoms with van der Waals surface area (Å²) in [6.07, 6.45) is 6.51. The molecule has 1 aromatic rings. The van der Waals surface area contributed by atoms with Gasteiger partial charge in [0.2, 0.25) is 5.91 Å². The second kappa shape index (κ2) is 6.30. The Balaban J connectivity index is 2.29. The van der Waals surface area contributed by atoms with Crippen LogP contribution in [0.4, 0.5) is 5.82 Å². The molecule has 0 saturated heterocycles. The molecule has 1 amide bonds. The van der Waals surface area contributed by atoms with Gasteiger partial charge in [0.1, 0.15) is 5.82 Å². The Morgan fingerprint density at radius 3 is 2.73 bits per heavy atom. The maximum absolute atomic E-state index is 12.5. The van der Waals surface area contributed by atoms with Crippen LogP contribution in [-0.2, 0) is 20.7 Å². The van der Waals surface area contributed by atoms with Crippen molar-refractivity contribution in [2.75, 3.05) is 18.6 Å². The number of hydrogen-bond donors (Lipinski definition) is 0. The van der Waals surface area contributed by atoms with E-state index in [-0.39, 0.29) is 5.91 Å². The Morgan fingerprint density at radius 1 is 1.36 bits per heavy atom. The average molecular weight is 302 g/mol. The zero-order chi connectivity index (χ0) is 16.3. The van der Waals surface area contributed by atoms with Gasteiger partial charge in [-0.2, -0.15) is 0 Å². The highest BCUT2D eigenvalue weighted by Gasteiger charge is 2.31. The van der Waals surface area contributed by atoms with Gasteiger partial charge in [0.25, 0.3) is 0 Å². The van der Waals surface area contributed by atoms with Crippen LogP contribution in [0.15, 0.2) is 18.3 Å². The Labute approximate surface area is 131 Å². The zero-order valence-corrected chi connectivity index (χ0v) is 13.5. The number of aromatic nitrogens is 1. The molecule has 0 fully saturated rings. The van der Waals surface area contributed by atoms with Crippen molar-refractivity contribution < 1.29 is 14.3 Å². The second-order valence-corrected chi connectivity index (χ2v) is 6.42. The fourth-order valence-corrected chi connectivity index (χ4v) is 2.41. The van der Waals surface area contributed by atoms with Crippen LogP contribution in [0.25, 0.3) is 6.08 Å². The van der Waals surface area contributed by atoms with Crippen molar-refractivity contribution in [2.45, 2.75) is 33.6 Å². The fourth-order valence-electron chi connectivity index (χ4n) is 2.41. The second-order valence-electron chi connectivity index (χ2n) is 6.42. The van der Waals surface area contributed by atoms with E-state index >= 15 is 0 Å².